The lowest BCUT2D eigenvalue weighted by Crippen LogP contribution is -2.41. The summed E-state index contributed by atoms with van der Waals surface area (Å²) in [6, 6.07) is 0. The summed E-state index contributed by atoms with van der Waals surface area (Å²) in [7, 11) is -0.158. The van der Waals surface area contributed by atoms with Gasteiger partial charge in [0.15, 0.2) is 0 Å². The van der Waals surface area contributed by atoms with E-state index in [2.05, 4.69) is 45.6 Å². The van der Waals surface area contributed by atoms with E-state index >= 15 is 0 Å². The predicted molar refractivity (Wildman–Crippen MR) is 70.9 cm³/mol. The SMILES string of the molecule is CCN1CCC=C(B2OC(C)(C)C(C)(C)O2)C1. The van der Waals surface area contributed by atoms with Crippen LogP contribution in [-0.4, -0.2) is 42.9 Å². The smallest absolute Gasteiger partial charge is 0.400 e. The first-order valence-electron chi connectivity index (χ1n) is 6.62. The first-order chi connectivity index (χ1) is 7.86. The molecule has 2 heterocycles. The highest BCUT2D eigenvalue weighted by Crippen LogP contribution is 2.39. The molecule has 0 spiro atoms. The summed E-state index contributed by atoms with van der Waals surface area (Å²) in [6.07, 6.45) is 3.39. The Morgan fingerprint density at radius 2 is 1.82 bits per heavy atom. The molecule has 0 radical (unpaired) electrons. The van der Waals surface area contributed by atoms with Gasteiger partial charge in [-0.3, -0.25) is 4.90 Å². The molecular weight excluding hydrogens is 213 g/mol. The van der Waals surface area contributed by atoms with Crippen molar-refractivity contribution < 1.29 is 9.31 Å². The monoisotopic (exact) mass is 237 g/mol. The Bertz CT molecular complexity index is 309. The molecule has 0 aromatic heterocycles. The lowest BCUT2D eigenvalue weighted by molar-refractivity contribution is 0.00578. The van der Waals surface area contributed by atoms with E-state index in [1.807, 2.05) is 0 Å². The first-order valence-corrected chi connectivity index (χ1v) is 6.62. The van der Waals surface area contributed by atoms with Gasteiger partial charge in [0.1, 0.15) is 0 Å². The number of nitrogens with zero attached hydrogens (tertiary/aromatic N) is 1. The summed E-state index contributed by atoms with van der Waals surface area (Å²) in [5.74, 6) is 0. The predicted octanol–water partition coefficient (Wildman–Crippen LogP) is 2.27. The molecule has 0 bridgehead atoms. The van der Waals surface area contributed by atoms with Gasteiger partial charge in [-0.05, 0) is 46.1 Å². The fourth-order valence-corrected chi connectivity index (χ4v) is 2.27. The molecule has 0 saturated carbocycles. The van der Waals surface area contributed by atoms with Crippen LogP contribution in [0.2, 0.25) is 0 Å². The summed E-state index contributed by atoms with van der Waals surface area (Å²) in [5, 5.41) is 0. The van der Waals surface area contributed by atoms with Gasteiger partial charge >= 0.3 is 7.12 Å². The van der Waals surface area contributed by atoms with Crippen molar-refractivity contribution in [1.29, 1.82) is 0 Å². The molecule has 0 unspecified atom stereocenters. The number of hydrogen-bond acceptors (Lipinski definition) is 3. The van der Waals surface area contributed by atoms with Gasteiger partial charge < -0.3 is 9.31 Å². The molecule has 96 valence electrons. The highest BCUT2D eigenvalue weighted by atomic mass is 16.7. The van der Waals surface area contributed by atoms with Crippen LogP contribution in [0.15, 0.2) is 11.5 Å². The average Bonchev–Trinajstić information content (AvgIpc) is 2.48. The Balaban J connectivity index is 2.08. The van der Waals surface area contributed by atoms with Crippen LogP contribution in [0.25, 0.3) is 0 Å². The third-order valence-corrected chi connectivity index (χ3v) is 4.26. The van der Waals surface area contributed by atoms with E-state index in [1.54, 1.807) is 0 Å². The fourth-order valence-electron chi connectivity index (χ4n) is 2.27. The fraction of sp³-hybridized carbons (Fsp3) is 0.846. The van der Waals surface area contributed by atoms with Crippen molar-refractivity contribution in [3.63, 3.8) is 0 Å². The molecule has 2 aliphatic rings. The van der Waals surface area contributed by atoms with Crippen LogP contribution in [-0.2, 0) is 9.31 Å². The van der Waals surface area contributed by atoms with Crippen LogP contribution in [0, 0.1) is 0 Å². The van der Waals surface area contributed by atoms with Crippen molar-refractivity contribution in [2.45, 2.75) is 52.2 Å². The number of likely N-dealkylation sites (N-methyl/N-ethyl adjacent to an activating group) is 1. The summed E-state index contributed by atoms with van der Waals surface area (Å²) >= 11 is 0. The van der Waals surface area contributed by atoms with Gasteiger partial charge in [-0.1, -0.05) is 13.0 Å². The maximum Gasteiger partial charge on any atom is 0.491 e. The maximum atomic E-state index is 6.08. The Morgan fingerprint density at radius 1 is 1.24 bits per heavy atom. The Kier molecular flexibility index (Phi) is 3.41. The van der Waals surface area contributed by atoms with E-state index < -0.39 is 0 Å². The number of rotatable bonds is 2. The van der Waals surface area contributed by atoms with Crippen molar-refractivity contribution in [3.8, 4) is 0 Å². The van der Waals surface area contributed by atoms with Crippen LogP contribution >= 0.6 is 0 Å². The van der Waals surface area contributed by atoms with Gasteiger partial charge in [0, 0.05) is 13.1 Å². The molecule has 4 heteroatoms. The standard InChI is InChI=1S/C13H24BNO2/c1-6-15-9-7-8-11(10-15)14-16-12(2,3)13(4,5)17-14/h8H,6-7,9-10H2,1-5H3. The van der Waals surface area contributed by atoms with Crippen molar-refractivity contribution >= 4 is 7.12 Å². The molecule has 0 amide bonds. The van der Waals surface area contributed by atoms with Crippen molar-refractivity contribution in [3.05, 3.63) is 11.5 Å². The first kappa shape index (κ1) is 13.1. The van der Waals surface area contributed by atoms with Gasteiger partial charge in [-0.15, -0.1) is 0 Å². The van der Waals surface area contributed by atoms with Crippen LogP contribution in [0.3, 0.4) is 0 Å². The molecule has 2 aliphatic heterocycles. The van der Waals surface area contributed by atoms with Gasteiger partial charge in [0.05, 0.1) is 11.2 Å². The molecule has 0 aliphatic carbocycles. The summed E-state index contributed by atoms with van der Waals surface area (Å²) < 4.78 is 12.2. The molecule has 1 fully saturated rings. The molecule has 0 N–H and O–H groups in total. The van der Waals surface area contributed by atoms with E-state index in [-0.39, 0.29) is 18.3 Å². The second-order valence-corrected chi connectivity index (χ2v) is 6.02. The zero-order valence-electron chi connectivity index (χ0n) is 11.7. The van der Waals surface area contributed by atoms with E-state index in [4.69, 9.17) is 9.31 Å². The second-order valence-electron chi connectivity index (χ2n) is 6.02. The molecule has 0 aromatic rings. The van der Waals surface area contributed by atoms with Crippen molar-refractivity contribution in [2.24, 2.45) is 0 Å². The molecule has 1 saturated heterocycles. The number of hydrogen-bond donors (Lipinski definition) is 0. The molecule has 3 nitrogen and oxygen atoms in total. The van der Waals surface area contributed by atoms with Gasteiger partial charge in [-0.25, -0.2) is 0 Å². The van der Waals surface area contributed by atoms with Crippen molar-refractivity contribution in [1.82, 2.24) is 4.90 Å². The highest BCUT2D eigenvalue weighted by molar-refractivity contribution is 6.54. The summed E-state index contributed by atoms with van der Waals surface area (Å²) in [4.78, 5) is 2.43. The normalized spacial score (nSPS) is 28.3. The van der Waals surface area contributed by atoms with Gasteiger partial charge in [0.25, 0.3) is 0 Å². The van der Waals surface area contributed by atoms with Crippen LogP contribution in [0.4, 0.5) is 0 Å². The lowest BCUT2D eigenvalue weighted by atomic mass is 9.76. The third kappa shape index (κ3) is 2.44. The minimum absolute atomic E-state index is 0.158. The molecule has 0 atom stereocenters. The van der Waals surface area contributed by atoms with Gasteiger partial charge in [-0.2, -0.15) is 0 Å². The summed E-state index contributed by atoms with van der Waals surface area (Å²) in [6.45, 7) is 13.8. The molecule has 17 heavy (non-hydrogen) atoms. The van der Waals surface area contributed by atoms with Crippen LogP contribution < -0.4 is 0 Å². The second kappa shape index (κ2) is 4.41. The van der Waals surface area contributed by atoms with Crippen LogP contribution in [0.1, 0.15) is 41.0 Å². The third-order valence-electron chi connectivity index (χ3n) is 4.26. The molecule has 2 rings (SSSR count). The topological polar surface area (TPSA) is 21.7 Å². The van der Waals surface area contributed by atoms with E-state index in [0.29, 0.717) is 0 Å². The van der Waals surface area contributed by atoms with Crippen LogP contribution in [0.5, 0.6) is 0 Å². The molecular formula is C13H24BNO2. The Morgan fingerprint density at radius 3 is 2.35 bits per heavy atom. The average molecular weight is 237 g/mol. The minimum Gasteiger partial charge on any atom is -0.400 e. The maximum absolute atomic E-state index is 6.08. The van der Waals surface area contributed by atoms with E-state index in [0.717, 1.165) is 26.1 Å². The zero-order valence-corrected chi connectivity index (χ0v) is 11.7. The van der Waals surface area contributed by atoms with E-state index in [1.165, 1.54) is 5.47 Å². The van der Waals surface area contributed by atoms with E-state index in [9.17, 15) is 0 Å². The minimum atomic E-state index is -0.229. The largest absolute Gasteiger partial charge is 0.491 e. The lowest BCUT2D eigenvalue weighted by Gasteiger charge is -2.32. The van der Waals surface area contributed by atoms with Crippen molar-refractivity contribution in [2.75, 3.05) is 19.6 Å². The summed E-state index contributed by atoms with van der Waals surface area (Å²) in [5.41, 5.74) is 0.830. The Hall–Kier alpha value is -0.315. The Labute approximate surface area is 105 Å². The quantitative estimate of drug-likeness (QED) is 0.687. The molecule has 0 aromatic carbocycles. The van der Waals surface area contributed by atoms with Gasteiger partial charge in [0.2, 0.25) is 0 Å². The highest BCUT2D eigenvalue weighted by Gasteiger charge is 2.52. The zero-order chi connectivity index (χ0) is 12.7.